The molecule has 1 aliphatic rings. The molecule has 1 aromatic carbocycles. The van der Waals surface area contributed by atoms with Gasteiger partial charge in [-0.15, -0.1) is 0 Å². The van der Waals surface area contributed by atoms with Gasteiger partial charge in [0.1, 0.15) is 17.8 Å². The number of para-hydroxylation sites is 1. The van der Waals surface area contributed by atoms with Gasteiger partial charge in [0.05, 0.1) is 0 Å². The van der Waals surface area contributed by atoms with Crippen LogP contribution in [0.5, 0.6) is 0 Å². The van der Waals surface area contributed by atoms with Crippen LogP contribution >= 0.6 is 15.9 Å². The highest BCUT2D eigenvalue weighted by Gasteiger charge is 2.22. The lowest BCUT2D eigenvalue weighted by Crippen LogP contribution is -2.26. The Kier molecular flexibility index (Phi) is 4.23. The molecule has 0 aliphatic carbocycles. The molecular weight excluding hydrogens is 380 g/mol. The van der Waals surface area contributed by atoms with Gasteiger partial charge in [0, 0.05) is 22.9 Å². The fraction of sp³-hybridized carbons (Fsp3) is 0.167. The molecule has 0 amide bonds. The standard InChI is InChI=1S/C18H17BrN6/c19-13-7-8-15(21-10-13)24-17-16(20)18(23-11-22-17)25-9-3-5-12-4-1-2-6-14(12)25/h1-2,4,6-8,10-11H,3,5,9,20H2,(H,21,22,23,24). The number of aromatic nitrogens is 3. The van der Waals surface area contributed by atoms with Crippen LogP contribution in [-0.2, 0) is 6.42 Å². The molecule has 3 N–H and O–H groups in total. The summed E-state index contributed by atoms with van der Waals surface area (Å²) in [6, 6.07) is 12.1. The zero-order valence-corrected chi connectivity index (χ0v) is 15.1. The summed E-state index contributed by atoms with van der Waals surface area (Å²) in [5.41, 5.74) is 9.38. The molecule has 0 saturated heterocycles. The minimum absolute atomic E-state index is 0.518. The normalized spacial score (nSPS) is 13.4. The van der Waals surface area contributed by atoms with Crippen LogP contribution in [0, 0.1) is 0 Å². The second-order valence-electron chi connectivity index (χ2n) is 5.83. The molecule has 7 heteroatoms. The molecule has 2 aromatic heterocycles. The first-order valence-corrected chi connectivity index (χ1v) is 8.86. The van der Waals surface area contributed by atoms with E-state index in [1.165, 1.54) is 11.9 Å². The Morgan fingerprint density at radius 3 is 2.80 bits per heavy atom. The topological polar surface area (TPSA) is 80.0 Å². The molecular formula is C18H17BrN6. The third kappa shape index (κ3) is 3.15. The number of aryl methyl sites for hydroxylation is 1. The van der Waals surface area contributed by atoms with Gasteiger partial charge in [-0.25, -0.2) is 15.0 Å². The van der Waals surface area contributed by atoms with Crippen LogP contribution in [-0.4, -0.2) is 21.5 Å². The van der Waals surface area contributed by atoms with Gasteiger partial charge in [0.15, 0.2) is 11.6 Å². The third-order valence-electron chi connectivity index (χ3n) is 4.20. The molecule has 0 fully saturated rings. The van der Waals surface area contributed by atoms with Crippen molar-refractivity contribution in [1.29, 1.82) is 0 Å². The number of benzene rings is 1. The lowest BCUT2D eigenvalue weighted by Gasteiger charge is -2.31. The van der Waals surface area contributed by atoms with Crippen LogP contribution in [0.3, 0.4) is 0 Å². The number of anilines is 5. The Hall–Kier alpha value is -2.67. The summed E-state index contributed by atoms with van der Waals surface area (Å²) in [6.45, 7) is 0.883. The highest BCUT2D eigenvalue weighted by Crippen LogP contribution is 2.37. The van der Waals surface area contributed by atoms with Gasteiger partial charge in [-0.3, -0.25) is 0 Å². The molecule has 1 aliphatic heterocycles. The Bertz CT molecular complexity index is 896. The van der Waals surface area contributed by atoms with Crippen molar-refractivity contribution in [2.24, 2.45) is 0 Å². The van der Waals surface area contributed by atoms with Crippen molar-refractivity contribution in [1.82, 2.24) is 15.0 Å². The summed E-state index contributed by atoms with van der Waals surface area (Å²) in [6.07, 6.45) is 5.40. The van der Waals surface area contributed by atoms with E-state index in [9.17, 15) is 0 Å². The van der Waals surface area contributed by atoms with Crippen LogP contribution in [0.1, 0.15) is 12.0 Å². The number of pyridine rings is 1. The summed E-state index contributed by atoms with van der Waals surface area (Å²) in [5.74, 6) is 1.96. The minimum Gasteiger partial charge on any atom is -0.393 e. The monoisotopic (exact) mass is 396 g/mol. The van der Waals surface area contributed by atoms with Crippen LogP contribution in [0.2, 0.25) is 0 Å². The fourth-order valence-electron chi connectivity index (χ4n) is 3.03. The largest absolute Gasteiger partial charge is 0.393 e. The van der Waals surface area contributed by atoms with E-state index in [0.717, 1.165) is 35.4 Å². The first-order valence-electron chi connectivity index (χ1n) is 8.07. The Balaban J connectivity index is 1.69. The molecule has 126 valence electrons. The van der Waals surface area contributed by atoms with Crippen molar-refractivity contribution in [3.8, 4) is 0 Å². The first kappa shape index (κ1) is 15.8. The van der Waals surface area contributed by atoms with Crippen molar-refractivity contribution in [2.45, 2.75) is 12.8 Å². The summed E-state index contributed by atoms with van der Waals surface area (Å²) >= 11 is 3.38. The molecule has 6 nitrogen and oxygen atoms in total. The average molecular weight is 397 g/mol. The second-order valence-corrected chi connectivity index (χ2v) is 6.75. The molecule has 3 heterocycles. The predicted octanol–water partition coefficient (Wildman–Crippen LogP) is 4.04. The van der Waals surface area contributed by atoms with Gasteiger partial charge in [-0.1, -0.05) is 18.2 Å². The number of nitrogens with one attached hydrogen (secondary N) is 1. The number of nitrogen functional groups attached to an aromatic ring is 1. The Morgan fingerprint density at radius 2 is 1.96 bits per heavy atom. The molecule has 25 heavy (non-hydrogen) atoms. The third-order valence-corrected chi connectivity index (χ3v) is 4.67. The Labute approximate surface area is 154 Å². The zero-order chi connectivity index (χ0) is 17.2. The summed E-state index contributed by atoms with van der Waals surface area (Å²) in [5, 5.41) is 3.17. The van der Waals surface area contributed by atoms with Gasteiger partial charge in [-0.05, 0) is 52.5 Å². The minimum atomic E-state index is 0.518. The average Bonchev–Trinajstić information content (AvgIpc) is 2.65. The molecule has 0 bridgehead atoms. The quantitative estimate of drug-likeness (QED) is 0.694. The highest BCUT2D eigenvalue weighted by atomic mass is 79.9. The van der Waals surface area contributed by atoms with Gasteiger partial charge < -0.3 is 16.0 Å². The van der Waals surface area contributed by atoms with E-state index in [1.54, 1.807) is 6.20 Å². The van der Waals surface area contributed by atoms with Gasteiger partial charge in [-0.2, -0.15) is 0 Å². The van der Waals surface area contributed by atoms with Crippen molar-refractivity contribution in [3.63, 3.8) is 0 Å². The van der Waals surface area contributed by atoms with Gasteiger partial charge in [0.25, 0.3) is 0 Å². The van der Waals surface area contributed by atoms with E-state index in [0.29, 0.717) is 17.3 Å². The molecule has 3 aromatic rings. The maximum absolute atomic E-state index is 6.38. The summed E-state index contributed by atoms with van der Waals surface area (Å²) in [7, 11) is 0. The summed E-state index contributed by atoms with van der Waals surface area (Å²) in [4.78, 5) is 15.2. The summed E-state index contributed by atoms with van der Waals surface area (Å²) < 4.78 is 0.916. The second kappa shape index (κ2) is 6.68. The van der Waals surface area contributed by atoms with Crippen molar-refractivity contribution in [3.05, 3.63) is 59.0 Å². The number of fused-ring (bicyclic) bond motifs is 1. The molecule has 4 rings (SSSR count). The lowest BCUT2D eigenvalue weighted by atomic mass is 10.0. The van der Waals surface area contributed by atoms with E-state index in [1.807, 2.05) is 18.2 Å². The molecule has 0 radical (unpaired) electrons. The lowest BCUT2D eigenvalue weighted by molar-refractivity contribution is 0.759. The van der Waals surface area contributed by atoms with Crippen LogP contribution in [0.4, 0.5) is 28.8 Å². The predicted molar refractivity (Wildman–Crippen MR) is 103 cm³/mol. The number of nitrogens with two attached hydrogens (primary N) is 1. The fourth-order valence-corrected chi connectivity index (χ4v) is 3.26. The van der Waals surface area contributed by atoms with Crippen molar-refractivity contribution >= 4 is 44.8 Å². The van der Waals surface area contributed by atoms with Crippen LogP contribution < -0.4 is 16.0 Å². The smallest absolute Gasteiger partial charge is 0.161 e. The van der Waals surface area contributed by atoms with Crippen LogP contribution in [0.15, 0.2) is 53.4 Å². The maximum Gasteiger partial charge on any atom is 0.161 e. The van der Waals surface area contributed by atoms with Gasteiger partial charge in [0.2, 0.25) is 0 Å². The number of halogens is 1. The molecule has 0 saturated carbocycles. The number of nitrogens with zero attached hydrogens (tertiary/aromatic N) is 4. The number of rotatable bonds is 3. The van der Waals surface area contributed by atoms with E-state index in [2.05, 4.69) is 59.3 Å². The Morgan fingerprint density at radius 1 is 1.08 bits per heavy atom. The van der Waals surface area contributed by atoms with E-state index in [-0.39, 0.29) is 0 Å². The van der Waals surface area contributed by atoms with Gasteiger partial charge >= 0.3 is 0 Å². The zero-order valence-electron chi connectivity index (χ0n) is 13.5. The molecule has 0 spiro atoms. The van der Waals surface area contributed by atoms with E-state index in [4.69, 9.17) is 5.73 Å². The SMILES string of the molecule is Nc1c(Nc2ccc(Br)cn2)ncnc1N1CCCc2ccccc21. The maximum atomic E-state index is 6.38. The van der Waals surface area contributed by atoms with E-state index < -0.39 is 0 Å². The highest BCUT2D eigenvalue weighted by molar-refractivity contribution is 9.10. The number of hydrogen-bond acceptors (Lipinski definition) is 6. The van der Waals surface area contributed by atoms with Crippen molar-refractivity contribution < 1.29 is 0 Å². The van der Waals surface area contributed by atoms with Crippen molar-refractivity contribution in [2.75, 3.05) is 22.5 Å². The molecule has 0 atom stereocenters. The van der Waals surface area contributed by atoms with Crippen LogP contribution in [0.25, 0.3) is 0 Å². The first-order chi connectivity index (χ1) is 12.2. The van der Waals surface area contributed by atoms with E-state index >= 15 is 0 Å². The number of hydrogen-bond donors (Lipinski definition) is 2. The molecule has 0 unspecified atom stereocenters.